The average molecular weight is 430 g/mol. The number of carbonyl (C=O) groups is 3. The average Bonchev–Trinajstić information content (AvgIpc) is 2.79. The van der Waals surface area contributed by atoms with Crippen molar-refractivity contribution < 1.29 is 28.6 Å². The van der Waals surface area contributed by atoms with Crippen LogP contribution in [0.4, 0.5) is 4.79 Å². The van der Waals surface area contributed by atoms with Gasteiger partial charge in [0, 0.05) is 6.42 Å². The Bertz CT molecular complexity index is 764. The molecule has 0 saturated carbocycles. The molecule has 0 aliphatic carbocycles. The summed E-state index contributed by atoms with van der Waals surface area (Å²) in [6, 6.07) is 18.6. The molecule has 7 nitrogen and oxygen atoms in total. The summed E-state index contributed by atoms with van der Waals surface area (Å²) < 4.78 is 15.1. The Morgan fingerprint density at radius 2 is 1.26 bits per heavy atom. The maximum absolute atomic E-state index is 11.6. The van der Waals surface area contributed by atoms with Crippen LogP contribution in [-0.4, -0.2) is 31.2 Å². The van der Waals surface area contributed by atoms with Crippen molar-refractivity contribution in [3.63, 3.8) is 0 Å². The topological polar surface area (TPSA) is 90.9 Å². The van der Waals surface area contributed by atoms with Crippen LogP contribution in [-0.2, 0) is 37.0 Å². The molecule has 7 heteroatoms. The molecule has 0 atom stereocenters. The van der Waals surface area contributed by atoms with Gasteiger partial charge in [-0.05, 0) is 17.5 Å². The van der Waals surface area contributed by atoms with Crippen LogP contribution >= 0.6 is 0 Å². The molecule has 2 aromatic carbocycles. The summed E-state index contributed by atoms with van der Waals surface area (Å²) in [5, 5.41) is 2.31. The monoisotopic (exact) mass is 429 g/mol. The number of amides is 1. The molecule has 0 radical (unpaired) electrons. The molecule has 168 valence electrons. The van der Waals surface area contributed by atoms with Crippen LogP contribution in [0.2, 0.25) is 0 Å². The Hall–Kier alpha value is -3.35. The molecule has 2 aromatic rings. The van der Waals surface area contributed by atoms with Crippen LogP contribution in [0.25, 0.3) is 0 Å². The van der Waals surface area contributed by atoms with Crippen LogP contribution in [0, 0.1) is 0 Å². The summed E-state index contributed by atoms with van der Waals surface area (Å²) in [5.41, 5.74) is 1.76. The number of nitrogens with one attached hydrogen (secondary N) is 1. The van der Waals surface area contributed by atoms with Gasteiger partial charge in [0.1, 0.15) is 19.8 Å². The Labute approximate surface area is 183 Å². The fourth-order valence-electron chi connectivity index (χ4n) is 2.18. The van der Waals surface area contributed by atoms with Crippen molar-refractivity contribution in [2.75, 3.05) is 13.2 Å². The van der Waals surface area contributed by atoms with Crippen LogP contribution in [0.1, 0.15) is 44.2 Å². The van der Waals surface area contributed by atoms with E-state index in [1.165, 1.54) is 6.42 Å². The predicted molar refractivity (Wildman–Crippen MR) is 117 cm³/mol. The minimum Gasteiger partial charge on any atom is -0.464 e. The van der Waals surface area contributed by atoms with E-state index in [2.05, 4.69) is 19.2 Å². The first-order valence-corrected chi connectivity index (χ1v) is 10.3. The summed E-state index contributed by atoms with van der Waals surface area (Å²) in [4.78, 5) is 34.7. The van der Waals surface area contributed by atoms with E-state index in [-0.39, 0.29) is 38.8 Å². The van der Waals surface area contributed by atoms with Crippen molar-refractivity contribution in [1.82, 2.24) is 5.32 Å². The summed E-state index contributed by atoms with van der Waals surface area (Å²) in [7, 11) is 0. The van der Waals surface area contributed by atoms with Crippen molar-refractivity contribution in [1.29, 1.82) is 0 Å². The first-order valence-electron chi connectivity index (χ1n) is 10.3. The van der Waals surface area contributed by atoms with Gasteiger partial charge >= 0.3 is 18.0 Å². The first-order chi connectivity index (χ1) is 15.0. The number of hydrogen-bond acceptors (Lipinski definition) is 6. The SMILES string of the molecule is CCC.O=C(CCCOC(=O)CNC(=O)OCc1ccccc1)OCc1ccccc1. The van der Waals surface area contributed by atoms with Crippen molar-refractivity contribution in [2.24, 2.45) is 0 Å². The van der Waals surface area contributed by atoms with Gasteiger partial charge in [0.05, 0.1) is 6.61 Å². The van der Waals surface area contributed by atoms with E-state index in [4.69, 9.17) is 14.2 Å². The summed E-state index contributed by atoms with van der Waals surface area (Å²) >= 11 is 0. The fraction of sp³-hybridized carbons (Fsp3) is 0.375. The molecule has 0 spiro atoms. The van der Waals surface area contributed by atoms with Crippen LogP contribution in [0.15, 0.2) is 60.7 Å². The van der Waals surface area contributed by atoms with Crippen LogP contribution < -0.4 is 5.32 Å². The van der Waals surface area contributed by atoms with Gasteiger partial charge < -0.3 is 19.5 Å². The number of carbonyl (C=O) groups excluding carboxylic acids is 3. The highest BCUT2D eigenvalue weighted by molar-refractivity contribution is 5.77. The van der Waals surface area contributed by atoms with E-state index >= 15 is 0 Å². The molecule has 0 fully saturated rings. The highest BCUT2D eigenvalue weighted by Gasteiger charge is 2.09. The number of alkyl carbamates (subject to hydrolysis) is 1. The molecule has 0 aliphatic rings. The zero-order valence-electron chi connectivity index (χ0n) is 18.2. The zero-order chi connectivity index (χ0) is 22.7. The Morgan fingerprint density at radius 3 is 1.81 bits per heavy atom. The molecule has 0 heterocycles. The molecule has 1 N–H and O–H groups in total. The van der Waals surface area contributed by atoms with E-state index in [1.54, 1.807) is 0 Å². The van der Waals surface area contributed by atoms with Gasteiger partial charge in [-0.3, -0.25) is 9.59 Å². The lowest BCUT2D eigenvalue weighted by molar-refractivity contribution is -0.147. The highest BCUT2D eigenvalue weighted by Crippen LogP contribution is 2.03. The molecule has 0 saturated heterocycles. The minimum absolute atomic E-state index is 0.0695. The van der Waals surface area contributed by atoms with Crippen molar-refractivity contribution in [3.05, 3.63) is 71.8 Å². The number of rotatable bonds is 10. The molecule has 1 amide bonds. The molecular formula is C24H31NO6. The molecular weight excluding hydrogens is 398 g/mol. The Balaban J connectivity index is 0.00000151. The van der Waals surface area contributed by atoms with E-state index in [0.29, 0.717) is 6.42 Å². The summed E-state index contributed by atoms with van der Waals surface area (Å²) in [6.45, 7) is 4.35. The molecule has 0 bridgehead atoms. The predicted octanol–water partition coefficient (Wildman–Crippen LogP) is 4.40. The molecule has 0 aliphatic heterocycles. The Kier molecular flexibility index (Phi) is 13.6. The normalized spacial score (nSPS) is 9.61. The van der Waals surface area contributed by atoms with Gasteiger partial charge in [-0.25, -0.2) is 4.79 Å². The van der Waals surface area contributed by atoms with Gasteiger partial charge in [0.15, 0.2) is 0 Å². The lowest BCUT2D eigenvalue weighted by Gasteiger charge is -2.08. The number of benzene rings is 2. The molecule has 0 unspecified atom stereocenters. The van der Waals surface area contributed by atoms with Crippen LogP contribution in [0.3, 0.4) is 0 Å². The fourth-order valence-corrected chi connectivity index (χ4v) is 2.18. The van der Waals surface area contributed by atoms with E-state index in [0.717, 1.165) is 11.1 Å². The third kappa shape index (κ3) is 13.5. The smallest absolute Gasteiger partial charge is 0.407 e. The second kappa shape index (κ2) is 16.4. The van der Waals surface area contributed by atoms with Gasteiger partial charge in [-0.1, -0.05) is 80.9 Å². The second-order valence-corrected chi connectivity index (χ2v) is 6.59. The van der Waals surface area contributed by atoms with Gasteiger partial charge in [0.25, 0.3) is 0 Å². The number of esters is 2. The van der Waals surface area contributed by atoms with Gasteiger partial charge in [-0.15, -0.1) is 0 Å². The highest BCUT2D eigenvalue weighted by atomic mass is 16.6. The van der Waals surface area contributed by atoms with Crippen molar-refractivity contribution in [2.45, 2.75) is 46.3 Å². The second-order valence-electron chi connectivity index (χ2n) is 6.59. The van der Waals surface area contributed by atoms with E-state index < -0.39 is 12.1 Å². The number of ether oxygens (including phenoxy) is 3. The van der Waals surface area contributed by atoms with Gasteiger partial charge in [0.2, 0.25) is 0 Å². The van der Waals surface area contributed by atoms with E-state index in [1.807, 2.05) is 60.7 Å². The van der Waals surface area contributed by atoms with Crippen molar-refractivity contribution in [3.8, 4) is 0 Å². The maximum atomic E-state index is 11.6. The largest absolute Gasteiger partial charge is 0.464 e. The lowest BCUT2D eigenvalue weighted by atomic mass is 10.2. The maximum Gasteiger partial charge on any atom is 0.407 e. The standard InChI is InChI=1S/C21H23NO6.C3H8/c23-19(27-15-17-8-3-1-4-9-17)12-7-13-26-20(24)14-22-21(25)28-16-18-10-5-2-6-11-18;1-3-2/h1-6,8-11H,7,12-16H2,(H,22,25);3H2,1-2H3. The Morgan fingerprint density at radius 1 is 0.742 bits per heavy atom. The lowest BCUT2D eigenvalue weighted by Crippen LogP contribution is -2.31. The molecule has 31 heavy (non-hydrogen) atoms. The summed E-state index contributed by atoms with van der Waals surface area (Å²) in [6.07, 6.45) is 1.04. The molecule has 0 aromatic heterocycles. The van der Waals surface area contributed by atoms with Gasteiger partial charge in [-0.2, -0.15) is 0 Å². The first kappa shape index (κ1) is 25.7. The quantitative estimate of drug-likeness (QED) is 0.342. The molecule has 2 rings (SSSR count). The number of hydrogen-bond donors (Lipinski definition) is 1. The van der Waals surface area contributed by atoms with E-state index in [9.17, 15) is 14.4 Å². The van der Waals surface area contributed by atoms with Crippen LogP contribution in [0.5, 0.6) is 0 Å². The third-order valence-corrected chi connectivity index (χ3v) is 3.62. The zero-order valence-corrected chi connectivity index (χ0v) is 18.2. The van der Waals surface area contributed by atoms with Crippen molar-refractivity contribution >= 4 is 18.0 Å². The minimum atomic E-state index is -0.703. The summed E-state index contributed by atoms with van der Waals surface area (Å²) in [5.74, 6) is -0.961. The third-order valence-electron chi connectivity index (χ3n) is 3.62.